The van der Waals surface area contributed by atoms with Gasteiger partial charge in [0.1, 0.15) is 5.82 Å². The van der Waals surface area contributed by atoms with Crippen LogP contribution in [0.4, 0.5) is 4.39 Å². The van der Waals surface area contributed by atoms with Gasteiger partial charge in [0, 0.05) is 23.2 Å². The molecule has 0 aromatic heterocycles. The van der Waals surface area contributed by atoms with Crippen LogP contribution >= 0.6 is 11.6 Å². The van der Waals surface area contributed by atoms with Crippen molar-refractivity contribution in [2.45, 2.75) is 19.0 Å². The smallest absolute Gasteiger partial charge is 0.234 e. The first-order valence-corrected chi connectivity index (χ1v) is 9.08. The van der Waals surface area contributed by atoms with Gasteiger partial charge < -0.3 is 5.32 Å². The van der Waals surface area contributed by atoms with Crippen molar-refractivity contribution in [3.05, 3.63) is 34.6 Å². The molecule has 1 aliphatic heterocycles. The van der Waals surface area contributed by atoms with Crippen molar-refractivity contribution < 1.29 is 17.6 Å². The molecule has 0 radical (unpaired) electrons. The zero-order valence-corrected chi connectivity index (χ0v) is 13.8. The number of hydrogen-bond donors (Lipinski definition) is 1. The topological polar surface area (TPSA) is 66.5 Å². The van der Waals surface area contributed by atoms with Gasteiger partial charge in [-0.2, -0.15) is 0 Å². The number of benzene rings is 1. The van der Waals surface area contributed by atoms with E-state index in [0.717, 1.165) is 0 Å². The zero-order valence-electron chi connectivity index (χ0n) is 12.2. The summed E-state index contributed by atoms with van der Waals surface area (Å²) in [4.78, 5) is 13.5. The minimum absolute atomic E-state index is 0.0123. The van der Waals surface area contributed by atoms with Crippen molar-refractivity contribution >= 4 is 27.3 Å². The van der Waals surface area contributed by atoms with Crippen molar-refractivity contribution in [1.29, 1.82) is 0 Å². The summed E-state index contributed by atoms with van der Waals surface area (Å²) in [6.45, 7) is 0.239. The highest BCUT2D eigenvalue weighted by Crippen LogP contribution is 2.20. The van der Waals surface area contributed by atoms with Crippen LogP contribution in [0, 0.1) is 5.82 Å². The maximum atomic E-state index is 13.7. The third-order valence-corrected chi connectivity index (χ3v) is 5.62. The van der Waals surface area contributed by atoms with Gasteiger partial charge in [0.2, 0.25) is 5.91 Å². The molecule has 0 unspecified atom stereocenters. The van der Waals surface area contributed by atoms with Crippen LogP contribution in [-0.4, -0.2) is 50.4 Å². The summed E-state index contributed by atoms with van der Waals surface area (Å²) in [5, 5.41) is 3.01. The van der Waals surface area contributed by atoms with E-state index >= 15 is 0 Å². The van der Waals surface area contributed by atoms with E-state index in [-0.39, 0.29) is 36.5 Å². The number of halogens is 2. The van der Waals surface area contributed by atoms with E-state index in [1.165, 1.54) is 12.1 Å². The lowest BCUT2D eigenvalue weighted by atomic mass is 10.2. The Hall–Kier alpha value is -1.18. The van der Waals surface area contributed by atoms with Gasteiger partial charge in [0.25, 0.3) is 0 Å². The molecule has 1 saturated heterocycles. The second-order valence-corrected chi connectivity index (χ2v) is 8.18. The Morgan fingerprint density at radius 2 is 2.23 bits per heavy atom. The zero-order chi connectivity index (χ0) is 16.3. The average molecular weight is 349 g/mol. The molecule has 1 amide bonds. The van der Waals surface area contributed by atoms with Gasteiger partial charge >= 0.3 is 0 Å². The molecule has 5 nitrogen and oxygen atoms in total. The number of carbonyl (C=O) groups is 1. The largest absolute Gasteiger partial charge is 0.351 e. The van der Waals surface area contributed by atoms with Crippen molar-refractivity contribution in [3.8, 4) is 0 Å². The highest BCUT2D eigenvalue weighted by Gasteiger charge is 2.29. The first kappa shape index (κ1) is 17.2. The Labute approximate surface area is 134 Å². The van der Waals surface area contributed by atoms with Crippen LogP contribution in [-0.2, 0) is 21.2 Å². The van der Waals surface area contributed by atoms with E-state index in [4.69, 9.17) is 11.6 Å². The van der Waals surface area contributed by atoms with E-state index in [9.17, 15) is 17.6 Å². The normalized spacial score (nSPS) is 20.3. The molecular formula is C14H18ClFN2O3S. The molecular weight excluding hydrogens is 331 g/mol. The predicted molar refractivity (Wildman–Crippen MR) is 82.9 cm³/mol. The van der Waals surface area contributed by atoms with E-state index < -0.39 is 15.7 Å². The van der Waals surface area contributed by atoms with Crippen LogP contribution in [0.2, 0.25) is 5.02 Å². The van der Waals surface area contributed by atoms with E-state index in [2.05, 4.69) is 5.32 Å². The molecule has 1 N–H and O–H groups in total. The second kappa shape index (κ2) is 6.93. The number of hydrogen-bond acceptors (Lipinski definition) is 4. The number of nitrogens with one attached hydrogen (secondary N) is 1. The van der Waals surface area contributed by atoms with Crippen LogP contribution in [0.15, 0.2) is 18.2 Å². The van der Waals surface area contributed by atoms with Crippen LogP contribution in [0.25, 0.3) is 0 Å². The SMILES string of the molecule is CN(CC(=O)N[C@@H]1CCS(=O)(=O)C1)Cc1c(F)cccc1Cl. The van der Waals surface area contributed by atoms with Crippen molar-refractivity contribution in [3.63, 3.8) is 0 Å². The lowest BCUT2D eigenvalue weighted by Crippen LogP contribution is -2.41. The lowest BCUT2D eigenvalue weighted by molar-refractivity contribution is -0.122. The Balaban J connectivity index is 1.87. The van der Waals surface area contributed by atoms with Gasteiger partial charge in [0.05, 0.1) is 18.1 Å². The van der Waals surface area contributed by atoms with Gasteiger partial charge in [-0.1, -0.05) is 17.7 Å². The standard InChI is InChI=1S/C14H18ClFN2O3S/c1-18(7-11-12(15)3-2-4-13(11)16)8-14(19)17-10-5-6-22(20,21)9-10/h2-4,10H,5-9H2,1H3,(H,17,19)/t10-/m1/s1. The Morgan fingerprint density at radius 1 is 1.50 bits per heavy atom. The minimum Gasteiger partial charge on any atom is -0.351 e. The Bertz CT molecular complexity index is 646. The molecule has 1 fully saturated rings. The molecule has 1 aliphatic rings. The number of sulfone groups is 1. The van der Waals surface area contributed by atoms with Crippen LogP contribution in [0.3, 0.4) is 0 Å². The highest BCUT2D eigenvalue weighted by molar-refractivity contribution is 7.91. The summed E-state index contributed by atoms with van der Waals surface area (Å²) < 4.78 is 36.4. The molecule has 2 rings (SSSR count). The van der Waals surface area contributed by atoms with Crippen molar-refractivity contribution in [1.82, 2.24) is 10.2 Å². The number of rotatable bonds is 5. The number of amides is 1. The van der Waals surface area contributed by atoms with Gasteiger partial charge in [0.15, 0.2) is 9.84 Å². The lowest BCUT2D eigenvalue weighted by Gasteiger charge is -2.19. The predicted octanol–water partition coefficient (Wildman–Crippen LogP) is 1.21. The average Bonchev–Trinajstić information content (AvgIpc) is 2.73. The van der Waals surface area contributed by atoms with Crippen molar-refractivity contribution in [2.75, 3.05) is 25.1 Å². The molecule has 0 aliphatic carbocycles. The molecule has 122 valence electrons. The molecule has 22 heavy (non-hydrogen) atoms. The van der Waals surface area contributed by atoms with Gasteiger partial charge in [-0.3, -0.25) is 9.69 Å². The summed E-state index contributed by atoms with van der Waals surface area (Å²) in [6.07, 6.45) is 0.441. The number of nitrogens with zero attached hydrogens (tertiary/aromatic N) is 1. The third-order valence-electron chi connectivity index (χ3n) is 3.50. The number of likely N-dealkylation sites (N-methyl/N-ethyl adjacent to an activating group) is 1. The maximum absolute atomic E-state index is 13.7. The second-order valence-electron chi connectivity index (χ2n) is 5.54. The first-order valence-electron chi connectivity index (χ1n) is 6.88. The first-order chi connectivity index (χ1) is 10.3. The van der Waals surface area contributed by atoms with E-state index in [1.54, 1.807) is 18.0 Å². The Morgan fingerprint density at radius 3 is 2.82 bits per heavy atom. The molecule has 1 atom stereocenters. The van der Waals surface area contributed by atoms with Crippen molar-refractivity contribution in [2.24, 2.45) is 0 Å². The van der Waals surface area contributed by atoms with Gasteiger partial charge in [-0.05, 0) is 25.6 Å². The van der Waals surface area contributed by atoms with E-state index in [1.807, 2.05) is 0 Å². The quantitative estimate of drug-likeness (QED) is 0.868. The fraction of sp³-hybridized carbons (Fsp3) is 0.500. The summed E-state index contributed by atoms with van der Waals surface area (Å²) >= 11 is 5.95. The summed E-state index contributed by atoms with van der Waals surface area (Å²) in [5.41, 5.74) is 0.336. The monoisotopic (exact) mass is 348 g/mol. The third kappa shape index (κ3) is 4.66. The molecule has 1 aromatic carbocycles. The molecule has 8 heteroatoms. The molecule has 0 saturated carbocycles. The highest BCUT2D eigenvalue weighted by atomic mass is 35.5. The maximum Gasteiger partial charge on any atom is 0.234 e. The molecule has 0 spiro atoms. The van der Waals surface area contributed by atoms with E-state index in [0.29, 0.717) is 17.0 Å². The van der Waals surface area contributed by atoms with Gasteiger partial charge in [-0.25, -0.2) is 12.8 Å². The Kier molecular flexibility index (Phi) is 5.41. The van der Waals surface area contributed by atoms with Gasteiger partial charge in [-0.15, -0.1) is 0 Å². The molecule has 1 heterocycles. The fourth-order valence-electron chi connectivity index (χ4n) is 2.44. The van der Waals surface area contributed by atoms with Crippen LogP contribution in [0.5, 0.6) is 0 Å². The van der Waals surface area contributed by atoms with Crippen LogP contribution in [0.1, 0.15) is 12.0 Å². The summed E-state index contributed by atoms with van der Waals surface area (Å²) in [7, 11) is -1.35. The molecule has 0 bridgehead atoms. The minimum atomic E-state index is -3.02. The number of carbonyl (C=O) groups excluding carboxylic acids is 1. The molecule has 1 aromatic rings. The van der Waals surface area contributed by atoms with Crippen LogP contribution < -0.4 is 5.32 Å². The fourth-order valence-corrected chi connectivity index (χ4v) is 4.33. The summed E-state index contributed by atoms with van der Waals surface area (Å²) in [5.74, 6) is -0.598. The summed E-state index contributed by atoms with van der Waals surface area (Å²) in [6, 6.07) is 4.10.